The van der Waals surface area contributed by atoms with Gasteiger partial charge in [0.25, 0.3) is 5.91 Å². The molecule has 2 aromatic carbocycles. The molecule has 3 aliphatic rings. The standard InChI is InChI=1S/C34H41N3O4S/c1-5-18-35(25-12-8-7-9-13-25)31(39)28-27-16-17-34(42-27)29(28)32(40)37(20-10-11-21-38)30(34)33(41)36(19-6-2)26-22-23(3)14-15-24(26)4/h5-9,12-15,22,27-30,38H,1-2,10-11,16-21H2,3-4H3/t27-,28+,29+,30?,34?/m1/s1. The van der Waals surface area contributed by atoms with Crippen LogP contribution in [0.3, 0.4) is 0 Å². The number of aliphatic hydroxyl groups is 1. The highest BCUT2D eigenvalue weighted by atomic mass is 32.2. The molecule has 2 unspecified atom stereocenters. The molecule has 3 heterocycles. The number of hydrogen-bond acceptors (Lipinski definition) is 5. The Morgan fingerprint density at radius 1 is 1.05 bits per heavy atom. The van der Waals surface area contributed by atoms with Gasteiger partial charge in [-0.25, -0.2) is 0 Å². The number of aryl methyl sites for hydroxylation is 2. The summed E-state index contributed by atoms with van der Waals surface area (Å²) in [4.78, 5) is 48.8. The molecule has 5 atom stereocenters. The zero-order valence-electron chi connectivity index (χ0n) is 24.6. The van der Waals surface area contributed by atoms with Gasteiger partial charge in [0.15, 0.2) is 0 Å². The minimum atomic E-state index is -0.703. The Kier molecular flexibility index (Phi) is 8.94. The Balaban J connectivity index is 1.56. The molecule has 1 N–H and O–H groups in total. The largest absolute Gasteiger partial charge is 0.396 e. The van der Waals surface area contributed by atoms with E-state index >= 15 is 0 Å². The average molecular weight is 588 g/mol. The topological polar surface area (TPSA) is 81.2 Å². The van der Waals surface area contributed by atoms with Gasteiger partial charge in [-0.1, -0.05) is 42.5 Å². The van der Waals surface area contributed by atoms with Crippen molar-refractivity contribution in [3.63, 3.8) is 0 Å². The van der Waals surface area contributed by atoms with Crippen molar-refractivity contribution >= 4 is 40.9 Å². The molecule has 0 saturated carbocycles. The highest BCUT2D eigenvalue weighted by Crippen LogP contribution is 2.67. The molecule has 0 aliphatic carbocycles. The van der Waals surface area contributed by atoms with Crippen LogP contribution in [-0.2, 0) is 14.4 Å². The van der Waals surface area contributed by atoms with Crippen molar-refractivity contribution < 1.29 is 19.5 Å². The summed E-state index contributed by atoms with van der Waals surface area (Å²) in [5, 5.41) is 9.46. The number of nitrogens with zero attached hydrogens (tertiary/aromatic N) is 3. The predicted molar refractivity (Wildman–Crippen MR) is 170 cm³/mol. The van der Waals surface area contributed by atoms with Crippen molar-refractivity contribution in [3.8, 4) is 0 Å². The molecule has 3 amide bonds. The van der Waals surface area contributed by atoms with Crippen LogP contribution in [0.1, 0.15) is 36.8 Å². The number of carbonyl (C=O) groups is 3. The molecule has 0 radical (unpaired) electrons. The Morgan fingerprint density at radius 2 is 1.76 bits per heavy atom. The number of thioether (sulfide) groups is 1. The lowest BCUT2D eigenvalue weighted by Crippen LogP contribution is -2.55. The van der Waals surface area contributed by atoms with E-state index < -0.39 is 22.6 Å². The number of hydrogen-bond donors (Lipinski definition) is 1. The van der Waals surface area contributed by atoms with Crippen LogP contribution >= 0.6 is 11.8 Å². The van der Waals surface area contributed by atoms with Crippen molar-refractivity contribution in [3.05, 3.63) is 85.0 Å². The number of likely N-dealkylation sites (tertiary alicyclic amines) is 1. The highest BCUT2D eigenvalue weighted by molar-refractivity contribution is 8.02. The van der Waals surface area contributed by atoms with E-state index in [-0.39, 0.29) is 29.6 Å². The SMILES string of the molecule is C=CCN(C(=O)[C@@H]1[C@H]2C(=O)N(CCCCO)C(C(=O)N(CC=C)c3cc(C)ccc3C)C23CC[C@H]1S3)c1ccccc1. The molecule has 222 valence electrons. The number of rotatable bonds is 12. The first kappa shape index (κ1) is 30.1. The van der Waals surface area contributed by atoms with Crippen molar-refractivity contribution in [2.45, 2.75) is 55.6 Å². The summed E-state index contributed by atoms with van der Waals surface area (Å²) in [7, 11) is 0. The molecular weight excluding hydrogens is 546 g/mol. The van der Waals surface area contributed by atoms with E-state index in [4.69, 9.17) is 0 Å². The van der Waals surface area contributed by atoms with Gasteiger partial charge in [0.2, 0.25) is 11.8 Å². The first-order valence-electron chi connectivity index (χ1n) is 14.8. The fourth-order valence-corrected chi connectivity index (χ4v) is 9.39. The Labute approximate surface area is 253 Å². The zero-order valence-corrected chi connectivity index (χ0v) is 25.4. The zero-order chi connectivity index (χ0) is 30.0. The highest BCUT2D eigenvalue weighted by Gasteiger charge is 2.74. The lowest BCUT2D eigenvalue weighted by molar-refractivity contribution is -0.139. The summed E-state index contributed by atoms with van der Waals surface area (Å²) in [5.41, 5.74) is 3.60. The van der Waals surface area contributed by atoms with Crippen LogP contribution in [-0.4, -0.2) is 70.0 Å². The first-order chi connectivity index (χ1) is 20.3. The van der Waals surface area contributed by atoms with E-state index in [1.165, 1.54) is 0 Å². The van der Waals surface area contributed by atoms with Crippen LogP contribution in [0, 0.1) is 25.7 Å². The number of unbranched alkanes of at least 4 members (excludes halogenated alkanes) is 1. The summed E-state index contributed by atoms with van der Waals surface area (Å²) in [6, 6.07) is 14.9. The third-order valence-electron chi connectivity index (χ3n) is 9.01. The van der Waals surface area contributed by atoms with E-state index in [0.29, 0.717) is 38.9 Å². The molecule has 3 fully saturated rings. The van der Waals surface area contributed by atoms with Crippen LogP contribution in [0.4, 0.5) is 11.4 Å². The van der Waals surface area contributed by atoms with E-state index in [0.717, 1.165) is 28.9 Å². The Morgan fingerprint density at radius 3 is 2.45 bits per heavy atom. The second-order valence-corrected chi connectivity index (χ2v) is 13.2. The lowest BCUT2D eigenvalue weighted by atomic mass is 9.70. The average Bonchev–Trinajstić information content (AvgIpc) is 3.63. The van der Waals surface area contributed by atoms with Gasteiger partial charge in [0.05, 0.1) is 16.6 Å². The monoisotopic (exact) mass is 587 g/mol. The normalized spacial score (nSPS) is 25.8. The van der Waals surface area contributed by atoms with Crippen LogP contribution in [0.5, 0.6) is 0 Å². The third kappa shape index (κ3) is 5.09. The van der Waals surface area contributed by atoms with Crippen LogP contribution in [0.15, 0.2) is 73.8 Å². The van der Waals surface area contributed by atoms with E-state index in [1.54, 1.807) is 38.6 Å². The van der Waals surface area contributed by atoms with Gasteiger partial charge in [0, 0.05) is 42.9 Å². The molecule has 1 spiro atoms. The molecule has 3 saturated heterocycles. The van der Waals surface area contributed by atoms with Crippen molar-refractivity contribution in [1.29, 1.82) is 0 Å². The molecule has 2 bridgehead atoms. The van der Waals surface area contributed by atoms with Crippen molar-refractivity contribution in [2.24, 2.45) is 11.8 Å². The van der Waals surface area contributed by atoms with Gasteiger partial charge in [0.1, 0.15) is 6.04 Å². The molecule has 42 heavy (non-hydrogen) atoms. The summed E-state index contributed by atoms with van der Waals surface area (Å²) in [5.74, 6) is -1.44. The van der Waals surface area contributed by atoms with E-state index in [2.05, 4.69) is 13.2 Å². The number of aliphatic hydroxyl groups excluding tert-OH is 1. The number of carbonyl (C=O) groups excluding carboxylic acids is 3. The van der Waals surface area contributed by atoms with Crippen molar-refractivity contribution in [1.82, 2.24) is 4.90 Å². The van der Waals surface area contributed by atoms with Crippen LogP contribution in [0.25, 0.3) is 0 Å². The Bertz CT molecular complexity index is 1360. The van der Waals surface area contributed by atoms with Crippen LogP contribution in [0.2, 0.25) is 0 Å². The van der Waals surface area contributed by atoms with Gasteiger partial charge in [-0.3, -0.25) is 14.4 Å². The maximum atomic E-state index is 14.8. The van der Waals surface area contributed by atoms with Crippen LogP contribution < -0.4 is 9.80 Å². The third-order valence-corrected chi connectivity index (χ3v) is 11.0. The maximum absolute atomic E-state index is 14.8. The van der Waals surface area contributed by atoms with Crippen molar-refractivity contribution in [2.75, 3.05) is 36.0 Å². The summed E-state index contributed by atoms with van der Waals surface area (Å²) >= 11 is 1.68. The fraction of sp³-hybridized carbons (Fsp3) is 0.441. The smallest absolute Gasteiger partial charge is 0.251 e. The molecule has 5 rings (SSSR count). The number of para-hydroxylation sites is 1. The summed E-state index contributed by atoms with van der Waals surface area (Å²) in [6.45, 7) is 12.8. The van der Waals surface area contributed by atoms with E-state index in [9.17, 15) is 19.5 Å². The molecule has 8 heteroatoms. The van der Waals surface area contributed by atoms with E-state index in [1.807, 2.05) is 62.4 Å². The summed E-state index contributed by atoms with van der Waals surface area (Å²) in [6.07, 6.45) is 6.04. The van der Waals surface area contributed by atoms with Gasteiger partial charge >= 0.3 is 0 Å². The Hall–Kier alpha value is -3.36. The van der Waals surface area contributed by atoms with Gasteiger partial charge in [-0.05, 0) is 68.9 Å². The maximum Gasteiger partial charge on any atom is 0.251 e. The minimum absolute atomic E-state index is 0.0197. The van der Waals surface area contributed by atoms with Gasteiger partial charge < -0.3 is 19.8 Å². The predicted octanol–water partition coefficient (Wildman–Crippen LogP) is 4.91. The fourth-order valence-electron chi connectivity index (χ4n) is 7.18. The van der Waals surface area contributed by atoms with Gasteiger partial charge in [-0.15, -0.1) is 24.9 Å². The number of fused-ring (bicyclic) bond motifs is 1. The second-order valence-electron chi connectivity index (χ2n) is 11.6. The molecular formula is C34H41N3O4S. The molecule has 3 aliphatic heterocycles. The minimum Gasteiger partial charge on any atom is -0.396 e. The molecule has 7 nitrogen and oxygen atoms in total. The number of benzene rings is 2. The molecule has 0 aromatic heterocycles. The number of amides is 3. The lowest BCUT2D eigenvalue weighted by Gasteiger charge is -2.38. The van der Waals surface area contributed by atoms with Gasteiger partial charge in [-0.2, -0.15) is 0 Å². The second kappa shape index (κ2) is 12.5. The first-order valence-corrected chi connectivity index (χ1v) is 15.7. The summed E-state index contributed by atoms with van der Waals surface area (Å²) < 4.78 is -0.688. The number of anilines is 2. The quantitative estimate of drug-likeness (QED) is 0.282. The molecule has 2 aromatic rings.